The highest BCUT2D eigenvalue weighted by Crippen LogP contribution is 2.33. The van der Waals surface area contributed by atoms with Crippen LogP contribution in [0.1, 0.15) is 24.8 Å². The molecule has 1 aromatic carbocycles. The van der Waals surface area contributed by atoms with Crippen LogP contribution in [0.2, 0.25) is 0 Å². The molecule has 1 aromatic rings. The maximum atomic E-state index is 5.65. The van der Waals surface area contributed by atoms with Crippen LogP contribution in [0.3, 0.4) is 0 Å². The van der Waals surface area contributed by atoms with Crippen molar-refractivity contribution < 1.29 is 9.47 Å². The molecule has 3 nitrogen and oxygen atoms in total. The summed E-state index contributed by atoms with van der Waals surface area (Å²) in [5, 5.41) is 3.51. The van der Waals surface area contributed by atoms with Gasteiger partial charge in [0.2, 0.25) is 0 Å². The Kier molecular flexibility index (Phi) is 6.51. The Labute approximate surface area is 122 Å². The first-order valence-electron chi connectivity index (χ1n) is 7.66. The van der Waals surface area contributed by atoms with E-state index in [1.165, 1.54) is 31.2 Å². The fraction of sp³-hybridized carbons (Fsp3) is 0.647. The second-order valence-electron chi connectivity index (χ2n) is 5.81. The predicted molar refractivity (Wildman–Crippen MR) is 82.0 cm³/mol. The Bertz CT molecular complexity index is 361. The molecule has 1 aliphatic rings. The number of hydrogen-bond donors (Lipinski definition) is 1. The van der Waals surface area contributed by atoms with E-state index in [1.807, 2.05) is 0 Å². The van der Waals surface area contributed by atoms with E-state index >= 15 is 0 Å². The van der Waals surface area contributed by atoms with Crippen LogP contribution in [-0.2, 0) is 15.9 Å². The van der Waals surface area contributed by atoms with Gasteiger partial charge in [-0.2, -0.15) is 0 Å². The van der Waals surface area contributed by atoms with Crippen molar-refractivity contribution in [2.75, 3.05) is 40.0 Å². The standard InChI is InChI=1S/C17H27NO2/c1-19-13-11-18-14-17(10-12-20-15-17)9-5-8-16-6-3-2-4-7-16/h2-4,6-7,18H,5,8-15H2,1H3. The second kappa shape index (κ2) is 8.40. The number of nitrogens with one attached hydrogen (secondary N) is 1. The predicted octanol–water partition coefficient (Wildman–Crippen LogP) is 2.65. The molecule has 1 N–H and O–H groups in total. The fourth-order valence-electron chi connectivity index (χ4n) is 2.91. The highest BCUT2D eigenvalue weighted by molar-refractivity contribution is 5.14. The SMILES string of the molecule is COCCNCC1(CCCc2ccccc2)CCOC1. The summed E-state index contributed by atoms with van der Waals surface area (Å²) in [7, 11) is 1.75. The number of rotatable bonds is 9. The van der Waals surface area contributed by atoms with Crippen molar-refractivity contribution >= 4 is 0 Å². The minimum atomic E-state index is 0.336. The van der Waals surface area contributed by atoms with E-state index in [2.05, 4.69) is 35.6 Å². The summed E-state index contributed by atoms with van der Waals surface area (Å²) in [4.78, 5) is 0. The van der Waals surface area contributed by atoms with Gasteiger partial charge in [-0.1, -0.05) is 30.3 Å². The lowest BCUT2D eigenvalue weighted by molar-refractivity contribution is 0.138. The molecule has 1 aliphatic heterocycles. The third-order valence-electron chi connectivity index (χ3n) is 4.18. The smallest absolute Gasteiger partial charge is 0.0587 e. The normalized spacial score (nSPS) is 22.2. The lowest BCUT2D eigenvalue weighted by Crippen LogP contribution is -2.36. The molecule has 1 atom stereocenters. The fourth-order valence-corrected chi connectivity index (χ4v) is 2.91. The Morgan fingerprint density at radius 3 is 2.85 bits per heavy atom. The van der Waals surface area contributed by atoms with E-state index in [-0.39, 0.29) is 0 Å². The first-order chi connectivity index (χ1) is 9.85. The molecule has 20 heavy (non-hydrogen) atoms. The summed E-state index contributed by atoms with van der Waals surface area (Å²) in [5.41, 5.74) is 1.77. The van der Waals surface area contributed by atoms with Crippen LogP contribution >= 0.6 is 0 Å². The van der Waals surface area contributed by atoms with Gasteiger partial charge in [-0.3, -0.25) is 0 Å². The summed E-state index contributed by atoms with van der Waals surface area (Å²) in [6.07, 6.45) is 4.82. The van der Waals surface area contributed by atoms with Crippen molar-refractivity contribution in [1.29, 1.82) is 0 Å². The molecule has 3 heteroatoms. The molecule has 0 bridgehead atoms. The van der Waals surface area contributed by atoms with E-state index in [0.717, 1.165) is 32.9 Å². The summed E-state index contributed by atoms with van der Waals surface area (Å²) in [6.45, 7) is 4.57. The van der Waals surface area contributed by atoms with E-state index in [0.29, 0.717) is 5.41 Å². The average Bonchev–Trinajstić information content (AvgIpc) is 2.94. The second-order valence-corrected chi connectivity index (χ2v) is 5.81. The molecule has 0 aliphatic carbocycles. The largest absolute Gasteiger partial charge is 0.383 e. The van der Waals surface area contributed by atoms with Crippen molar-refractivity contribution in [1.82, 2.24) is 5.32 Å². The Morgan fingerprint density at radius 1 is 1.30 bits per heavy atom. The van der Waals surface area contributed by atoms with Gasteiger partial charge in [-0.15, -0.1) is 0 Å². The van der Waals surface area contributed by atoms with Crippen molar-refractivity contribution in [2.45, 2.75) is 25.7 Å². The summed E-state index contributed by atoms with van der Waals surface area (Å²) in [5.74, 6) is 0. The molecule has 112 valence electrons. The van der Waals surface area contributed by atoms with E-state index in [1.54, 1.807) is 7.11 Å². The molecule has 1 unspecified atom stereocenters. The molecule has 0 amide bonds. The molecule has 0 aromatic heterocycles. The number of methoxy groups -OCH3 is 1. The van der Waals surface area contributed by atoms with Gasteiger partial charge < -0.3 is 14.8 Å². The van der Waals surface area contributed by atoms with E-state index in [9.17, 15) is 0 Å². The van der Waals surface area contributed by atoms with Crippen molar-refractivity contribution in [3.05, 3.63) is 35.9 Å². The number of benzene rings is 1. The Hall–Kier alpha value is -0.900. The van der Waals surface area contributed by atoms with Gasteiger partial charge in [0.15, 0.2) is 0 Å². The summed E-state index contributed by atoms with van der Waals surface area (Å²) < 4.78 is 10.7. The summed E-state index contributed by atoms with van der Waals surface area (Å²) >= 11 is 0. The average molecular weight is 277 g/mol. The minimum Gasteiger partial charge on any atom is -0.383 e. The van der Waals surface area contributed by atoms with Crippen LogP contribution in [-0.4, -0.2) is 40.0 Å². The van der Waals surface area contributed by atoms with E-state index < -0.39 is 0 Å². The Balaban J connectivity index is 1.74. The van der Waals surface area contributed by atoms with Gasteiger partial charge in [-0.25, -0.2) is 0 Å². The van der Waals surface area contributed by atoms with Crippen molar-refractivity contribution in [3.8, 4) is 0 Å². The molecule has 0 radical (unpaired) electrons. The van der Waals surface area contributed by atoms with Crippen LogP contribution in [0.5, 0.6) is 0 Å². The zero-order valence-corrected chi connectivity index (χ0v) is 12.6. The molecular weight excluding hydrogens is 250 g/mol. The van der Waals surface area contributed by atoms with Crippen molar-refractivity contribution in [2.24, 2.45) is 5.41 Å². The van der Waals surface area contributed by atoms with Gasteiger partial charge in [0.1, 0.15) is 0 Å². The zero-order valence-electron chi connectivity index (χ0n) is 12.6. The number of aryl methyl sites for hydroxylation is 1. The van der Waals surface area contributed by atoms with Gasteiger partial charge in [0.25, 0.3) is 0 Å². The number of hydrogen-bond acceptors (Lipinski definition) is 3. The maximum absolute atomic E-state index is 5.65. The molecule has 1 fully saturated rings. The zero-order chi connectivity index (χ0) is 14.1. The Morgan fingerprint density at radius 2 is 2.15 bits per heavy atom. The van der Waals surface area contributed by atoms with Crippen molar-refractivity contribution in [3.63, 3.8) is 0 Å². The lowest BCUT2D eigenvalue weighted by atomic mass is 9.81. The monoisotopic (exact) mass is 277 g/mol. The van der Waals surface area contributed by atoms with Crippen LogP contribution in [0.25, 0.3) is 0 Å². The van der Waals surface area contributed by atoms with Gasteiger partial charge >= 0.3 is 0 Å². The highest BCUT2D eigenvalue weighted by Gasteiger charge is 2.33. The highest BCUT2D eigenvalue weighted by atomic mass is 16.5. The third kappa shape index (κ3) is 4.89. The molecule has 1 saturated heterocycles. The maximum Gasteiger partial charge on any atom is 0.0587 e. The first kappa shape index (κ1) is 15.5. The van der Waals surface area contributed by atoms with Crippen LogP contribution in [0.15, 0.2) is 30.3 Å². The molecule has 0 spiro atoms. The third-order valence-corrected chi connectivity index (χ3v) is 4.18. The van der Waals surface area contributed by atoms with E-state index in [4.69, 9.17) is 9.47 Å². The quantitative estimate of drug-likeness (QED) is 0.704. The van der Waals surface area contributed by atoms with Gasteiger partial charge in [0, 0.05) is 32.2 Å². The van der Waals surface area contributed by atoms with Crippen LogP contribution in [0.4, 0.5) is 0 Å². The topological polar surface area (TPSA) is 30.5 Å². The first-order valence-corrected chi connectivity index (χ1v) is 7.66. The minimum absolute atomic E-state index is 0.336. The summed E-state index contributed by atoms with van der Waals surface area (Å²) in [6, 6.07) is 10.8. The lowest BCUT2D eigenvalue weighted by Gasteiger charge is -2.28. The molecule has 2 rings (SSSR count). The molecular formula is C17H27NO2. The van der Waals surface area contributed by atoms with Gasteiger partial charge in [-0.05, 0) is 31.2 Å². The van der Waals surface area contributed by atoms with Crippen LogP contribution < -0.4 is 5.32 Å². The van der Waals surface area contributed by atoms with Crippen LogP contribution in [0, 0.1) is 5.41 Å². The molecule has 1 heterocycles. The number of ether oxygens (including phenoxy) is 2. The molecule has 0 saturated carbocycles. The van der Waals surface area contributed by atoms with Gasteiger partial charge in [0.05, 0.1) is 13.2 Å².